The van der Waals surface area contributed by atoms with E-state index in [4.69, 9.17) is 14.5 Å². The van der Waals surface area contributed by atoms with Gasteiger partial charge in [-0.3, -0.25) is 4.57 Å². The summed E-state index contributed by atoms with van der Waals surface area (Å²) in [6, 6.07) is 0. The van der Waals surface area contributed by atoms with Crippen LogP contribution < -0.4 is 0 Å². The van der Waals surface area contributed by atoms with E-state index in [0.29, 0.717) is 5.92 Å². The smallest absolute Gasteiger partial charge is 0.325 e. The highest BCUT2D eigenvalue weighted by Gasteiger charge is 2.05. The van der Waals surface area contributed by atoms with Crippen LogP contribution in [0.5, 0.6) is 0 Å². The van der Waals surface area contributed by atoms with Gasteiger partial charge in [0, 0.05) is 19.4 Å². The van der Waals surface area contributed by atoms with E-state index in [1.807, 2.05) is 0 Å². The van der Waals surface area contributed by atoms with Gasteiger partial charge in [-0.1, -0.05) is 40.5 Å². The van der Waals surface area contributed by atoms with Gasteiger partial charge in [0.05, 0.1) is 0 Å². The van der Waals surface area contributed by atoms with Crippen LogP contribution in [0, 0.1) is 5.92 Å². The molecule has 0 aliphatic carbocycles. The Bertz CT molecular complexity index is 177. The Morgan fingerprint density at radius 1 is 1.19 bits per heavy atom. The molecule has 0 saturated carbocycles. The van der Waals surface area contributed by atoms with Gasteiger partial charge in [-0.05, 0) is 12.3 Å². The molecule has 5 heteroatoms. The first-order valence-electron chi connectivity index (χ1n) is 5.95. The molecule has 0 aromatic heterocycles. The van der Waals surface area contributed by atoms with E-state index in [-0.39, 0.29) is 6.16 Å². The number of hydrogen-bond acceptors (Lipinski definition) is 2. The predicted octanol–water partition coefficient (Wildman–Crippen LogP) is 3.03. The highest BCUT2D eigenvalue weighted by molar-refractivity contribution is 7.51. The van der Waals surface area contributed by atoms with Gasteiger partial charge < -0.3 is 14.5 Å². The van der Waals surface area contributed by atoms with Crippen molar-refractivity contribution in [3.63, 3.8) is 0 Å². The lowest BCUT2D eigenvalue weighted by atomic mass is 10.2. The zero-order chi connectivity index (χ0) is 13.0. The van der Waals surface area contributed by atoms with Crippen molar-refractivity contribution in [2.24, 2.45) is 5.92 Å². The molecule has 0 aromatic rings. The first-order valence-corrected chi connectivity index (χ1v) is 7.75. The number of unbranched alkanes of at least 4 members (excludes halogenated alkanes) is 2. The first kappa shape index (κ1) is 18.5. The fourth-order valence-corrected chi connectivity index (χ4v) is 0.773. The van der Waals surface area contributed by atoms with Crippen LogP contribution in [0.4, 0.5) is 0 Å². The minimum atomic E-state index is -3.65. The van der Waals surface area contributed by atoms with Crippen molar-refractivity contribution >= 4 is 7.60 Å². The molecule has 0 saturated heterocycles. The van der Waals surface area contributed by atoms with Crippen LogP contribution in [0.25, 0.3) is 0 Å². The van der Waals surface area contributed by atoms with E-state index in [2.05, 4.69) is 20.8 Å². The third-order valence-electron chi connectivity index (χ3n) is 1.76. The zero-order valence-electron chi connectivity index (χ0n) is 11.0. The number of hydrogen-bond donors (Lipinski definition) is 2. The average Bonchev–Trinajstić information content (AvgIpc) is 2.17. The van der Waals surface area contributed by atoms with E-state index in [1.165, 1.54) is 26.2 Å². The van der Waals surface area contributed by atoms with Gasteiger partial charge >= 0.3 is 7.60 Å². The standard InChI is InChI=1S/C9H20O.C2H7O3P/c1-4-5-6-7-10-8-9(2)3;1-2-6(3,4)5/h9H,4-8H2,1-3H3;2H2,1H3,(H2,3,4,5). The van der Waals surface area contributed by atoms with Crippen molar-refractivity contribution in [1.82, 2.24) is 0 Å². The van der Waals surface area contributed by atoms with Gasteiger partial charge in [-0.2, -0.15) is 0 Å². The maximum atomic E-state index is 9.69. The summed E-state index contributed by atoms with van der Waals surface area (Å²) in [6.45, 7) is 9.89. The van der Waals surface area contributed by atoms with Gasteiger partial charge in [0.15, 0.2) is 0 Å². The molecular formula is C11H27O4P. The maximum Gasteiger partial charge on any atom is 0.325 e. The van der Waals surface area contributed by atoms with Crippen molar-refractivity contribution in [2.75, 3.05) is 19.4 Å². The fourth-order valence-electron chi connectivity index (χ4n) is 0.773. The van der Waals surface area contributed by atoms with E-state index in [0.717, 1.165) is 13.2 Å². The molecule has 100 valence electrons. The lowest BCUT2D eigenvalue weighted by Gasteiger charge is -2.05. The second kappa shape index (κ2) is 11.6. The monoisotopic (exact) mass is 254 g/mol. The Kier molecular flexibility index (Phi) is 13.4. The largest absolute Gasteiger partial charge is 0.381 e. The average molecular weight is 254 g/mol. The minimum absolute atomic E-state index is 0.0625. The van der Waals surface area contributed by atoms with E-state index in [1.54, 1.807) is 0 Å². The molecule has 16 heavy (non-hydrogen) atoms. The topological polar surface area (TPSA) is 66.8 Å². The van der Waals surface area contributed by atoms with E-state index >= 15 is 0 Å². The van der Waals surface area contributed by atoms with Crippen LogP contribution in [0.2, 0.25) is 0 Å². The Balaban J connectivity index is 0. The molecule has 0 heterocycles. The van der Waals surface area contributed by atoms with Crippen LogP contribution in [-0.4, -0.2) is 29.2 Å². The summed E-state index contributed by atoms with van der Waals surface area (Å²) >= 11 is 0. The van der Waals surface area contributed by atoms with Crippen molar-refractivity contribution in [3.05, 3.63) is 0 Å². The SMILES string of the molecule is CCCCCOCC(C)C.CCP(=O)(O)O. The third-order valence-corrected chi connectivity index (χ3v) is 2.58. The molecule has 0 rings (SSSR count). The molecule has 0 fully saturated rings. The summed E-state index contributed by atoms with van der Waals surface area (Å²) in [5.41, 5.74) is 0. The van der Waals surface area contributed by atoms with Crippen molar-refractivity contribution in [2.45, 2.75) is 47.0 Å². The van der Waals surface area contributed by atoms with Crippen LogP contribution in [0.15, 0.2) is 0 Å². The van der Waals surface area contributed by atoms with Crippen molar-refractivity contribution in [3.8, 4) is 0 Å². The summed E-state index contributed by atoms with van der Waals surface area (Å²) in [5, 5.41) is 0. The summed E-state index contributed by atoms with van der Waals surface area (Å²) < 4.78 is 15.1. The van der Waals surface area contributed by atoms with Crippen LogP contribution in [0.1, 0.15) is 47.0 Å². The van der Waals surface area contributed by atoms with Crippen molar-refractivity contribution in [1.29, 1.82) is 0 Å². The maximum absolute atomic E-state index is 9.69. The zero-order valence-corrected chi connectivity index (χ0v) is 11.9. The number of ether oxygens (including phenoxy) is 1. The summed E-state index contributed by atoms with van der Waals surface area (Å²) in [6.07, 6.45) is 3.75. The molecule has 0 spiro atoms. The Morgan fingerprint density at radius 3 is 2.00 bits per heavy atom. The lowest BCUT2D eigenvalue weighted by Crippen LogP contribution is -2.02. The Morgan fingerprint density at radius 2 is 1.69 bits per heavy atom. The molecule has 0 aromatic carbocycles. The summed E-state index contributed by atoms with van der Waals surface area (Å²) in [5.74, 6) is 0.682. The molecule has 0 radical (unpaired) electrons. The molecular weight excluding hydrogens is 227 g/mol. The fraction of sp³-hybridized carbons (Fsp3) is 1.00. The minimum Gasteiger partial charge on any atom is -0.381 e. The number of rotatable bonds is 7. The molecule has 2 N–H and O–H groups in total. The molecule has 0 aliphatic heterocycles. The van der Waals surface area contributed by atoms with Crippen LogP contribution in [0.3, 0.4) is 0 Å². The molecule has 0 amide bonds. The van der Waals surface area contributed by atoms with Crippen LogP contribution >= 0.6 is 7.60 Å². The van der Waals surface area contributed by atoms with Crippen molar-refractivity contribution < 1.29 is 19.1 Å². The molecule has 0 unspecified atom stereocenters. The van der Waals surface area contributed by atoms with Gasteiger partial charge in [0.1, 0.15) is 0 Å². The summed E-state index contributed by atoms with van der Waals surface area (Å²) in [7, 11) is -3.65. The predicted molar refractivity (Wildman–Crippen MR) is 67.8 cm³/mol. The first-order chi connectivity index (χ1) is 7.33. The third kappa shape index (κ3) is 23.7. The normalized spacial score (nSPS) is 11.2. The summed E-state index contributed by atoms with van der Waals surface area (Å²) in [4.78, 5) is 15.9. The highest BCUT2D eigenvalue weighted by atomic mass is 31.2. The lowest BCUT2D eigenvalue weighted by molar-refractivity contribution is 0.106. The molecule has 4 nitrogen and oxygen atoms in total. The Hall–Kier alpha value is 0.110. The Labute approximate surface area is 99.6 Å². The van der Waals surface area contributed by atoms with Gasteiger partial charge in [-0.25, -0.2) is 0 Å². The van der Waals surface area contributed by atoms with Gasteiger partial charge in [0.2, 0.25) is 0 Å². The van der Waals surface area contributed by atoms with E-state index < -0.39 is 7.60 Å². The van der Waals surface area contributed by atoms with Gasteiger partial charge in [-0.15, -0.1) is 0 Å². The molecule has 0 bridgehead atoms. The quantitative estimate of drug-likeness (QED) is 0.541. The second-order valence-electron chi connectivity index (χ2n) is 4.16. The highest BCUT2D eigenvalue weighted by Crippen LogP contribution is 2.32. The molecule has 0 aliphatic rings. The van der Waals surface area contributed by atoms with E-state index in [9.17, 15) is 4.57 Å². The second-order valence-corrected chi connectivity index (χ2v) is 6.12. The van der Waals surface area contributed by atoms with Gasteiger partial charge in [0.25, 0.3) is 0 Å². The van der Waals surface area contributed by atoms with Crippen LogP contribution in [-0.2, 0) is 9.30 Å². The molecule has 0 atom stereocenters.